The monoisotopic (exact) mass is 367 g/mol. The third kappa shape index (κ3) is 6.15. The summed E-state index contributed by atoms with van der Waals surface area (Å²) in [7, 11) is 0. The lowest BCUT2D eigenvalue weighted by molar-refractivity contribution is 0.306. The van der Waals surface area contributed by atoms with Gasteiger partial charge in [0, 0.05) is 6.04 Å². The van der Waals surface area contributed by atoms with Crippen LogP contribution in [0.25, 0.3) is 0 Å². The van der Waals surface area contributed by atoms with E-state index in [0.29, 0.717) is 17.8 Å². The first-order valence-corrected chi connectivity index (χ1v) is 9.57. The maximum Gasteiger partial charge on any atom is 0.187 e. The molecule has 0 radical (unpaired) electrons. The van der Waals surface area contributed by atoms with Crippen LogP contribution in [0, 0.1) is 0 Å². The lowest BCUT2D eigenvalue weighted by Gasteiger charge is -2.23. The van der Waals surface area contributed by atoms with E-state index in [-0.39, 0.29) is 0 Å². The van der Waals surface area contributed by atoms with E-state index in [2.05, 4.69) is 28.0 Å². The molecule has 0 aliphatic heterocycles. The van der Waals surface area contributed by atoms with Crippen molar-refractivity contribution < 1.29 is 4.74 Å². The second kappa shape index (κ2) is 9.92. The van der Waals surface area contributed by atoms with Crippen molar-refractivity contribution in [1.29, 1.82) is 0 Å². The minimum Gasteiger partial charge on any atom is -0.489 e. The highest BCUT2D eigenvalue weighted by atomic mass is 32.1. The average molecular weight is 368 g/mol. The quantitative estimate of drug-likeness (QED) is 0.451. The predicted octanol–water partition coefficient (Wildman–Crippen LogP) is 4.40. The van der Waals surface area contributed by atoms with Gasteiger partial charge in [-0.05, 0) is 60.5 Å². The third-order valence-corrected chi connectivity index (χ3v) is 4.66. The van der Waals surface area contributed by atoms with Gasteiger partial charge in [-0.15, -0.1) is 0 Å². The molecule has 2 aromatic carbocycles. The zero-order valence-corrected chi connectivity index (χ0v) is 15.7. The number of ether oxygens (including phenoxy) is 1. The van der Waals surface area contributed by atoms with Crippen molar-refractivity contribution >= 4 is 23.5 Å². The Labute approximate surface area is 160 Å². The number of hydrogen-bond acceptors (Lipinski definition) is 3. The Balaban J connectivity index is 1.41. The molecule has 3 rings (SSSR count). The van der Waals surface area contributed by atoms with Crippen LogP contribution in [0.2, 0.25) is 0 Å². The van der Waals surface area contributed by atoms with Crippen LogP contribution < -0.4 is 15.5 Å². The van der Waals surface area contributed by atoms with Crippen LogP contribution in [-0.2, 0) is 6.61 Å². The molecule has 4 nitrogen and oxygen atoms in total. The fraction of sp³-hybridized carbons (Fsp3) is 0.333. The van der Waals surface area contributed by atoms with E-state index >= 15 is 0 Å². The zero-order chi connectivity index (χ0) is 18.0. The molecule has 1 aliphatic carbocycles. The number of benzene rings is 2. The Morgan fingerprint density at radius 2 is 1.77 bits per heavy atom. The summed E-state index contributed by atoms with van der Waals surface area (Å²) >= 11 is 5.30. The molecule has 2 N–H and O–H groups in total. The molecule has 1 saturated carbocycles. The smallest absolute Gasteiger partial charge is 0.187 e. The van der Waals surface area contributed by atoms with Crippen LogP contribution in [0.3, 0.4) is 0 Å². The van der Waals surface area contributed by atoms with E-state index in [4.69, 9.17) is 17.0 Å². The van der Waals surface area contributed by atoms with Crippen molar-refractivity contribution in [1.82, 2.24) is 10.7 Å². The van der Waals surface area contributed by atoms with Gasteiger partial charge in [-0.2, -0.15) is 5.10 Å². The number of nitrogens with one attached hydrogen (secondary N) is 2. The summed E-state index contributed by atoms with van der Waals surface area (Å²) in [5, 5.41) is 8.14. The molecule has 136 valence electrons. The normalized spacial score (nSPS) is 14.9. The topological polar surface area (TPSA) is 45.7 Å². The lowest BCUT2D eigenvalue weighted by atomic mass is 9.96. The second-order valence-corrected chi connectivity index (χ2v) is 6.93. The highest BCUT2D eigenvalue weighted by molar-refractivity contribution is 7.80. The van der Waals surface area contributed by atoms with Crippen molar-refractivity contribution in [3.05, 3.63) is 65.7 Å². The number of thiocarbonyl (C=S) groups is 1. The average Bonchev–Trinajstić information content (AvgIpc) is 2.69. The lowest BCUT2D eigenvalue weighted by Crippen LogP contribution is -2.40. The molecule has 0 amide bonds. The first-order valence-electron chi connectivity index (χ1n) is 9.16. The maximum atomic E-state index is 5.78. The molecule has 0 heterocycles. The number of hydrogen-bond donors (Lipinski definition) is 2. The number of nitrogens with zero attached hydrogens (tertiary/aromatic N) is 1. The molecule has 0 aromatic heterocycles. The predicted molar refractivity (Wildman–Crippen MR) is 111 cm³/mol. The van der Waals surface area contributed by atoms with E-state index < -0.39 is 0 Å². The standard InChI is InChI=1S/C21H25N3OS/c26-21(23-19-9-5-2-6-10-19)24-22-15-17-11-13-20(14-12-17)25-16-18-7-3-1-4-8-18/h1,3-4,7-8,11-15,19H,2,5-6,9-10,16H2,(H2,23,24,26)/b22-15-. The van der Waals surface area contributed by atoms with Crippen LogP contribution in [0.4, 0.5) is 0 Å². The Bertz CT molecular complexity index is 710. The molecule has 0 bridgehead atoms. The van der Waals surface area contributed by atoms with Crippen LogP contribution in [-0.4, -0.2) is 17.4 Å². The Morgan fingerprint density at radius 1 is 1.04 bits per heavy atom. The van der Waals surface area contributed by atoms with Gasteiger partial charge < -0.3 is 10.1 Å². The molecular weight excluding hydrogens is 342 g/mol. The van der Waals surface area contributed by atoms with Gasteiger partial charge in [0.1, 0.15) is 12.4 Å². The summed E-state index contributed by atoms with van der Waals surface area (Å²) in [4.78, 5) is 0. The molecular formula is C21H25N3OS. The van der Waals surface area contributed by atoms with Gasteiger partial charge in [0.15, 0.2) is 5.11 Å². The zero-order valence-electron chi connectivity index (χ0n) is 14.9. The molecule has 1 aliphatic rings. The molecule has 0 saturated heterocycles. The minimum atomic E-state index is 0.486. The van der Waals surface area contributed by atoms with E-state index in [1.807, 2.05) is 42.5 Å². The molecule has 5 heteroatoms. The van der Waals surface area contributed by atoms with Crippen molar-refractivity contribution in [3.8, 4) is 5.75 Å². The van der Waals surface area contributed by atoms with Crippen LogP contribution in [0.1, 0.15) is 43.2 Å². The van der Waals surface area contributed by atoms with Crippen molar-refractivity contribution in [2.45, 2.75) is 44.8 Å². The number of rotatable bonds is 6. The van der Waals surface area contributed by atoms with Gasteiger partial charge in [-0.3, -0.25) is 5.43 Å². The molecule has 0 spiro atoms. The summed E-state index contributed by atoms with van der Waals surface area (Å²) < 4.78 is 5.78. The summed E-state index contributed by atoms with van der Waals surface area (Å²) in [6.07, 6.45) is 8.04. The summed E-state index contributed by atoms with van der Waals surface area (Å²) in [5.74, 6) is 0.841. The Kier molecular flexibility index (Phi) is 7.02. The molecule has 2 aromatic rings. The van der Waals surface area contributed by atoms with E-state index in [1.54, 1.807) is 6.21 Å². The Hall–Kier alpha value is -2.40. The van der Waals surface area contributed by atoms with Gasteiger partial charge >= 0.3 is 0 Å². The van der Waals surface area contributed by atoms with E-state index in [1.165, 1.54) is 32.1 Å². The van der Waals surface area contributed by atoms with Crippen molar-refractivity contribution in [3.63, 3.8) is 0 Å². The first kappa shape index (κ1) is 18.4. The second-order valence-electron chi connectivity index (χ2n) is 6.52. The fourth-order valence-corrected chi connectivity index (χ4v) is 3.24. The molecule has 0 atom stereocenters. The maximum absolute atomic E-state index is 5.78. The highest BCUT2D eigenvalue weighted by Crippen LogP contribution is 2.17. The highest BCUT2D eigenvalue weighted by Gasteiger charge is 2.13. The van der Waals surface area contributed by atoms with Crippen LogP contribution in [0.15, 0.2) is 59.7 Å². The van der Waals surface area contributed by atoms with Gasteiger partial charge in [0.05, 0.1) is 6.21 Å². The van der Waals surface area contributed by atoms with E-state index in [0.717, 1.165) is 16.9 Å². The third-order valence-electron chi connectivity index (χ3n) is 4.45. The first-order chi connectivity index (χ1) is 12.8. The van der Waals surface area contributed by atoms with Gasteiger partial charge in [-0.1, -0.05) is 49.6 Å². The molecule has 0 unspecified atom stereocenters. The SMILES string of the molecule is S=C(N/N=C\c1ccc(OCc2ccccc2)cc1)NC1CCCCC1. The fourth-order valence-electron chi connectivity index (χ4n) is 3.02. The van der Waals surface area contributed by atoms with Crippen LogP contribution in [0.5, 0.6) is 5.75 Å². The summed E-state index contributed by atoms with van der Waals surface area (Å²) in [5.41, 5.74) is 5.04. The van der Waals surface area contributed by atoms with Crippen LogP contribution >= 0.6 is 12.2 Å². The summed E-state index contributed by atoms with van der Waals surface area (Å²) in [6.45, 7) is 0.566. The summed E-state index contributed by atoms with van der Waals surface area (Å²) in [6, 6.07) is 18.5. The Morgan fingerprint density at radius 3 is 2.50 bits per heavy atom. The van der Waals surface area contributed by atoms with Crippen molar-refractivity contribution in [2.75, 3.05) is 0 Å². The van der Waals surface area contributed by atoms with Gasteiger partial charge in [-0.25, -0.2) is 0 Å². The minimum absolute atomic E-state index is 0.486. The van der Waals surface area contributed by atoms with Crippen molar-refractivity contribution in [2.24, 2.45) is 5.10 Å². The van der Waals surface area contributed by atoms with Gasteiger partial charge in [0.25, 0.3) is 0 Å². The molecule has 26 heavy (non-hydrogen) atoms. The molecule has 1 fully saturated rings. The largest absolute Gasteiger partial charge is 0.489 e. The van der Waals surface area contributed by atoms with Gasteiger partial charge in [0.2, 0.25) is 0 Å². The van der Waals surface area contributed by atoms with E-state index in [9.17, 15) is 0 Å². The number of hydrazone groups is 1.